The van der Waals surface area contributed by atoms with E-state index in [9.17, 15) is 0 Å². The summed E-state index contributed by atoms with van der Waals surface area (Å²) in [5.74, 6) is 1.47. The number of rotatable bonds is 3. The molecule has 2 atom stereocenters. The molecule has 0 saturated carbocycles. The van der Waals surface area contributed by atoms with Crippen molar-refractivity contribution in [3.05, 3.63) is 16.9 Å². The van der Waals surface area contributed by atoms with Gasteiger partial charge in [-0.05, 0) is 34.8 Å². The number of piperidine rings is 1. The predicted octanol–water partition coefficient (Wildman–Crippen LogP) is 2.41. The molecule has 18 heavy (non-hydrogen) atoms. The Morgan fingerprint density at radius 2 is 2.11 bits per heavy atom. The second-order valence-electron chi connectivity index (χ2n) is 5.04. The van der Waals surface area contributed by atoms with Gasteiger partial charge in [-0.15, -0.1) is 0 Å². The van der Waals surface area contributed by atoms with Crippen LogP contribution in [-0.4, -0.2) is 47.6 Å². The second-order valence-corrected chi connectivity index (χ2v) is 5.95. The van der Waals surface area contributed by atoms with Crippen molar-refractivity contribution in [2.24, 2.45) is 5.92 Å². The highest BCUT2D eigenvalue weighted by molar-refractivity contribution is 9.10. The first kappa shape index (κ1) is 13.7. The zero-order chi connectivity index (χ0) is 13.1. The van der Waals surface area contributed by atoms with E-state index in [0.29, 0.717) is 12.0 Å². The summed E-state index contributed by atoms with van der Waals surface area (Å²) in [6.07, 6.45) is 4.81. The van der Waals surface area contributed by atoms with Crippen LogP contribution in [0.3, 0.4) is 0 Å². The van der Waals surface area contributed by atoms with Crippen LogP contribution in [0.1, 0.15) is 20.3 Å². The molecule has 2 unspecified atom stereocenters. The molecule has 0 aromatic carbocycles. The van der Waals surface area contributed by atoms with Crippen molar-refractivity contribution >= 4 is 21.9 Å². The lowest BCUT2D eigenvalue weighted by Crippen LogP contribution is -2.49. The average molecular weight is 313 g/mol. The van der Waals surface area contributed by atoms with Crippen molar-refractivity contribution < 1.29 is 0 Å². The topological polar surface area (TPSA) is 32.3 Å². The van der Waals surface area contributed by atoms with Gasteiger partial charge >= 0.3 is 0 Å². The van der Waals surface area contributed by atoms with Crippen LogP contribution in [0.4, 0.5) is 5.95 Å². The third kappa shape index (κ3) is 3.01. The van der Waals surface area contributed by atoms with Crippen LogP contribution in [0, 0.1) is 5.92 Å². The number of hydrogen-bond acceptors (Lipinski definition) is 4. The quantitative estimate of drug-likeness (QED) is 0.858. The van der Waals surface area contributed by atoms with Gasteiger partial charge in [0.2, 0.25) is 5.95 Å². The lowest BCUT2D eigenvalue weighted by Gasteiger charge is -2.40. The number of halogens is 1. The summed E-state index contributed by atoms with van der Waals surface area (Å²) < 4.78 is 0.925. The molecule has 0 bridgehead atoms. The molecule has 0 N–H and O–H groups in total. The molecule has 100 valence electrons. The number of nitrogens with zero attached hydrogens (tertiary/aromatic N) is 4. The molecule has 5 heteroatoms. The van der Waals surface area contributed by atoms with E-state index in [1.165, 1.54) is 19.5 Å². The number of aromatic nitrogens is 2. The molecule has 1 aromatic rings. The molecule has 0 spiro atoms. The lowest BCUT2D eigenvalue weighted by molar-refractivity contribution is 0.168. The third-order valence-electron chi connectivity index (χ3n) is 3.81. The second kappa shape index (κ2) is 5.97. The molecule has 0 amide bonds. The van der Waals surface area contributed by atoms with Crippen molar-refractivity contribution in [3.63, 3.8) is 0 Å². The Balaban J connectivity index is 2.05. The Labute approximate surface area is 118 Å². The van der Waals surface area contributed by atoms with E-state index in [0.717, 1.165) is 17.0 Å². The fourth-order valence-electron chi connectivity index (χ4n) is 2.72. The summed E-state index contributed by atoms with van der Waals surface area (Å²) in [5, 5.41) is 0. The summed E-state index contributed by atoms with van der Waals surface area (Å²) >= 11 is 3.37. The molecule has 1 aliphatic rings. The van der Waals surface area contributed by atoms with E-state index in [2.05, 4.69) is 56.6 Å². The van der Waals surface area contributed by atoms with E-state index in [1.807, 2.05) is 12.4 Å². The van der Waals surface area contributed by atoms with E-state index in [1.54, 1.807) is 0 Å². The normalized spacial score (nSPS) is 25.1. The zero-order valence-corrected chi connectivity index (χ0v) is 12.9. The van der Waals surface area contributed by atoms with Crippen molar-refractivity contribution in [1.82, 2.24) is 14.9 Å². The maximum atomic E-state index is 4.38. The SMILES string of the molecule is CCN1CCC(N(C)c2ncc(Br)cn2)C(C)C1. The molecule has 2 heterocycles. The maximum absolute atomic E-state index is 4.38. The van der Waals surface area contributed by atoms with Gasteiger partial charge in [0.15, 0.2) is 0 Å². The molecule has 1 fully saturated rings. The highest BCUT2D eigenvalue weighted by Gasteiger charge is 2.29. The van der Waals surface area contributed by atoms with Crippen molar-refractivity contribution in [3.8, 4) is 0 Å². The fourth-order valence-corrected chi connectivity index (χ4v) is 2.92. The summed E-state index contributed by atoms with van der Waals surface area (Å²) in [6, 6.07) is 0.536. The van der Waals surface area contributed by atoms with Crippen LogP contribution in [0.5, 0.6) is 0 Å². The maximum Gasteiger partial charge on any atom is 0.225 e. The summed E-state index contributed by atoms with van der Waals surface area (Å²) in [4.78, 5) is 13.5. The molecule has 1 aromatic heterocycles. The Hall–Kier alpha value is -0.680. The van der Waals surface area contributed by atoms with Crippen LogP contribution >= 0.6 is 15.9 Å². The fraction of sp³-hybridized carbons (Fsp3) is 0.692. The van der Waals surface area contributed by atoms with Crippen molar-refractivity contribution in [2.45, 2.75) is 26.3 Å². The molecule has 0 aliphatic carbocycles. The smallest absolute Gasteiger partial charge is 0.225 e. The van der Waals surface area contributed by atoms with Gasteiger partial charge in [0.05, 0.1) is 4.47 Å². The van der Waals surface area contributed by atoms with Gasteiger partial charge in [-0.2, -0.15) is 0 Å². The van der Waals surface area contributed by atoms with Crippen LogP contribution in [-0.2, 0) is 0 Å². The molecule has 4 nitrogen and oxygen atoms in total. The first-order chi connectivity index (χ1) is 8.61. The minimum atomic E-state index is 0.536. The van der Waals surface area contributed by atoms with Gasteiger partial charge < -0.3 is 9.80 Å². The Bertz CT molecular complexity index is 381. The molecule has 1 saturated heterocycles. The number of anilines is 1. The summed E-state index contributed by atoms with van der Waals surface area (Å²) in [5.41, 5.74) is 0. The van der Waals surface area contributed by atoms with E-state index < -0.39 is 0 Å². The Morgan fingerprint density at radius 3 is 2.67 bits per heavy atom. The van der Waals surface area contributed by atoms with Crippen LogP contribution in [0.15, 0.2) is 16.9 Å². The molecular weight excluding hydrogens is 292 g/mol. The summed E-state index contributed by atoms with van der Waals surface area (Å²) in [6.45, 7) is 8.04. The third-order valence-corrected chi connectivity index (χ3v) is 4.22. The highest BCUT2D eigenvalue weighted by Crippen LogP contribution is 2.23. The monoisotopic (exact) mass is 312 g/mol. The first-order valence-corrected chi connectivity index (χ1v) is 7.33. The van der Waals surface area contributed by atoms with Gasteiger partial charge in [0, 0.05) is 38.6 Å². The minimum Gasteiger partial charge on any atom is -0.341 e. The van der Waals surface area contributed by atoms with Crippen LogP contribution < -0.4 is 4.90 Å². The Morgan fingerprint density at radius 1 is 1.44 bits per heavy atom. The Kier molecular flexibility index (Phi) is 4.56. The van der Waals surface area contributed by atoms with Gasteiger partial charge in [0.25, 0.3) is 0 Å². The van der Waals surface area contributed by atoms with E-state index in [4.69, 9.17) is 0 Å². The highest BCUT2D eigenvalue weighted by atomic mass is 79.9. The van der Waals surface area contributed by atoms with E-state index in [-0.39, 0.29) is 0 Å². The van der Waals surface area contributed by atoms with Gasteiger partial charge in [-0.1, -0.05) is 13.8 Å². The lowest BCUT2D eigenvalue weighted by atomic mass is 9.93. The molecule has 1 aliphatic heterocycles. The van der Waals surface area contributed by atoms with Gasteiger partial charge in [-0.25, -0.2) is 9.97 Å². The van der Waals surface area contributed by atoms with Crippen LogP contribution in [0.2, 0.25) is 0 Å². The van der Waals surface area contributed by atoms with E-state index >= 15 is 0 Å². The first-order valence-electron chi connectivity index (χ1n) is 6.54. The molecular formula is C13H21BrN4. The average Bonchev–Trinajstić information content (AvgIpc) is 2.38. The number of hydrogen-bond donors (Lipinski definition) is 0. The van der Waals surface area contributed by atoms with Crippen molar-refractivity contribution in [2.75, 3.05) is 31.6 Å². The predicted molar refractivity (Wildman–Crippen MR) is 77.8 cm³/mol. The minimum absolute atomic E-state index is 0.536. The van der Waals surface area contributed by atoms with Gasteiger partial charge in [0.1, 0.15) is 0 Å². The van der Waals surface area contributed by atoms with Crippen LogP contribution in [0.25, 0.3) is 0 Å². The number of likely N-dealkylation sites (tertiary alicyclic amines) is 1. The molecule has 2 rings (SSSR count). The van der Waals surface area contributed by atoms with Crippen molar-refractivity contribution in [1.29, 1.82) is 0 Å². The largest absolute Gasteiger partial charge is 0.341 e. The molecule has 0 radical (unpaired) electrons. The zero-order valence-electron chi connectivity index (χ0n) is 11.3. The standard InChI is InChI=1S/C13H21BrN4/c1-4-18-6-5-12(10(2)9-18)17(3)13-15-7-11(14)8-16-13/h7-8,10,12H,4-6,9H2,1-3H3. The van der Waals surface area contributed by atoms with Gasteiger partial charge in [-0.3, -0.25) is 0 Å². The summed E-state index contributed by atoms with van der Waals surface area (Å²) in [7, 11) is 2.10.